The first kappa shape index (κ1) is 15.2. The molecule has 0 aromatic carbocycles. The maximum Gasteiger partial charge on any atom is 0.157 e. The van der Waals surface area contributed by atoms with Crippen LogP contribution in [0, 0.1) is 0 Å². The van der Waals surface area contributed by atoms with Crippen LogP contribution in [-0.2, 0) is 15.9 Å². The van der Waals surface area contributed by atoms with Crippen molar-refractivity contribution < 1.29 is 9.47 Å². The van der Waals surface area contributed by atoms with Gasteiger partial charge in [0.05, 0.1) is 10.7 Å². The second kappa shape index (κ2) is 8.20. The first-order valence-corrected chi connectivity index (χ1v) is 7.96. The van der Waals surface area contributed by atoms with Gasteiger partial charge in [0, 0.05) is 23.9 Å². The van der Waals surface area contributed by atoms with Crippen LogP contribution < -0.4 is 0 Å². The first-order chi connectivity index (χ1) is 9.25. The lowest BCUT2D eigenvalue weighted by molar-refractivity contribution is -0.162. The van der Waals surface area contributed by atoms with Crippen molar-refractivity contribution in [3.05, 3.63) is 27.5 Å². The SMILES string of the molecule is Clc1cnc(CCCCOC2CCCCO2)c(Br)c1. The number of hydrogen-bond donors (Lipinski definition) is 0. The Morgan fingerprint density at radius 3 is 3.05 bits per heavy atom. The van der Waals surface area contributed by atoms with Crippen molar-refractivity contribution in [1.82, 2.24) is 4.98 Å². The topological polar surface area (TPSA) is 31.4 Å². The van der Waals surface area contributed by atoms with Crippen molar-refractivity contribution in [3.63, 3.8) is 0 Å². The molecule has 1 saturated heterocycles. The molecule has 0 spiro atoms. The van der Waals surface area contributed by atoms with E-state index in [2.05, 4.69) is 20.9 Å². The summed E-state index contributed by atoms with van der Waals surface area (Å²) in [5.41, 5.74) is 1.05. The summed E-state index contributed by atoms with van der Waals surface area (Å²) in [7, 11) is 0. The molecule has 1 fully saturated rings. The van der Waals surface area contributed by atoms with Crippen LogP contribution in [0.25, 0.3) is 0 Å². The van der Waals surface area contributed by atoms with Gasteiger partial charge in [-0.25, -0.2) is 0 Å². The largest absolute Gasteiger partial charge is 0.353 e. The second-order valence-electron chi connectivity index (χ2n) is 4.71. The van der Waals surface area contributed by atoms with Gasteiger partial charge in [-0.3, -0.25) is 4.98 Å². The normalized spacial score (nSPS) is 19.6. The van der Waals surface area contributed by atoms with Crippen LogP contribution in [0.1, 0.15) is 37.8 Å². The second-order valence-corrected chi connectivity index (χ2v) is 6.00. The third-order valence-electron chi connectivity index (χ3n) is 3.13. The maximum atomic E-state index is 5.86. The molecule has 2 rings (SSSR count). The summed E-state index contributed by atoms with van der Waals surface area (Å²) in [6.07, 6.45) is 8.14. The Morgan fingerprint density at radius 2 is 2.32 bits per heavy atom. The van der Waals surface area contributed by atoms with Crippen molar-refractivity contribution in [2.24, 2.45) is 0 Å². The number of aryl methyl sites for hydroxylation is 1. The smallest absolute Gasteiger partial charge is 0.157 e. The predicted molar refractivity (Wildman–Crippen MR) is 79.4 cm³/mol. The summed E-state index contributed by atoms with van der Waals surface area (Å²) in [6, 6.07) is 1.89. The summed E-state index contributed by atoms with van der Waals surface area (Å²) >= 11 is 9.34. The lowest BCUT2D eigenvalue weighted by Crippen LogP contribution is -2.22. The molecular formula is C14H19BrClNO2. The van der Waals surface area contributed by atoms with E-state index in [1.54, 1.807) is 6.20 Å². The zero-order chi connectivity index (χ0) is 13.5. The molecule has 1 aromatic rings. The van der Waals surface area contributed by atoms with Crippen molar-refractivity contribution in [2.45, 2.75) is 44.8 Å². The van der Waals surface area contributed by atoms with E-state index >= 15 is 0 Å². The molecule has 3 nitrogen and oxygen atoms in total. The Labute approximate surface area is 127 Å². The van der Waals surface area contributed by atoms with Gasteiger partial charge in [0.1, 0.15) is 0 Å². The number of ether oxygens (including phenoxy) is 2. The van der Waals surface area contributed by atoms with Gasteiger partial charge in [-0.1, -0.05) is 11.6 Å². The molecule has 0 aliphatic carbocycles. The lowest BCUT2D eigenvalue weighted by Gasteiger charge is -2.22. The summed E-state index contributed by atoms with van der Waals surface area (Å²) < 4.78 is 12.2. The molecule has 106 valence electrons. The van der Waals surface area contributed by atoms with E-state index in [1.807, 2.05) is 6.07 Å². The number of halogens is 2. The minimum Gasteiger partial charge on any atom is -0.353 e. The van der Waals surface area contributed by atoms with E-state index in [0.717, 1.165) is 55.5 Å². The highest BCUT2D eigenvalue weighted by Gasteiger charge is 2.13. The van der Waals surface area contributed by atoms with Crippen LogP contribution in [-0.4, -0.2) is 24.5 Å². The highest BCUT2D eigenvalue weighted by atomic mass is 79.9. The summed E-state index contributed by atoms with van der Waals surface area (Å²) in [5, 5.41) is 0.661. The Morgan fingerprint density at radius 1 is 1.42 bits per heavy atom. The molecule has 0 amide bonds. The van der Waals surface area contributed by atoms with Gasteiger partial charge < -0.3 is 9.47 Å². The van der Waals surface area contributed by atoms with Crippen LogP contribution >= 0.6 is 27.5 Å². The molecule has 1 aliphatic rings. The third-order valence-corrected chi connectivity index (χ3v) is 4.03. The molecule has 5 heteroatoms. The quantitative estimate of drug-likeness (QED) is 0.716. The average molecular weight is 349 g/mol. The van der Waals surface area contributed by atoms with E-state index < -0.39 is 0 Å². The van der Waals surface area contributed by atoms with Crippen molar-refractivity contribution in [1.29, 1.82) is 0 Å². The first-order valence-electron chi connectivity index (χ1n) is 6.79. The van der Waals surface area contributed by atoms with Gasteiger partial charge >= 0.3 is 0 Å². The number of unbranched alkanes of at least 4 members (excludes halogenated alkanes) is 1. The van der Waals surface area contributed by atoms with Gasteiger partial charge in [-0.2, -0.15) is 0 Å². The maximum absolute atomic E-state index is 5.86. The molecule has 1 atom stereocenters. The minimum atomic E-state index is 0.0224. The van der Waals surface area contributed by atoms with Crippen LogP contribution in [0.2, 0.25) is 5.02 Å². The van der Waals surface area contributed by atoms with Gasteiger partial charge in [0.15, 0.2) is 6.29 Å². The zero-order valence-electron chi connectivity index (χ0n) is 10.9. The highest BCUT2D eigenvalue weighted by Crippen LogP contribution is 2.20. The van der Waals surface area contributed by atoms with Crippen LogP contribution in [0.15, 0.2) is 16.7 Å². The average Bonchev–Trinajstić information content (AvgIpc) is 2.42. The molecule has 0 radical (unpaired) electrons. The van der Waals surface area contributed by atoms with Gasteiger partial charge in [0.25, 0.3) is 0 Å². The fraction of sp³-hybridized carbons (Fsp3) is 0.643. The number of rotatable bonds is 6. The van der Waals surface area contributed by atoms with Crippen LogP contribution in [0.4, 0.5) is 0 Å². The predicted octanol–water partition coefficient (Wildman–Crippen LogP) is 4.36. The Kier molecular flexibility index (Phi) is 6.57. The molecule has 19 heavy (non-hydrogen) atoms. The van der Waals surface area contributed by atoms with E-state index in [0.29, 0.717) is 5.02 Å². The number of aromatic nitrogens is 1. The molecule has 1 aliphatic heterocycles. The fourth-order valence-corrected chi connectivity index (χ4v) is 2.92. The molecule has 0 N–H and O–H groups in total. The molecule has 1 aromatic heterocycles. The lowest BCUT2D eigenvalue weighted by atomic mass is 10.2. The monoisotopic (exact) mass is 347 g/mol. The Hall–Kier alpha value is -0.160. The van der Waals surface area contributed by atoms with E-state index in [4.69, 9.17) is 21.1 Å². The van der Waals surface area contributed by atoms with Crippen molar-refractivity contribution in [2.75, 3.05) is 13.2 Å². The minimum absolute atomic E-state index is 0.0224. The van der Waals surface area contributed by atoms with E-state index in [-0.39, 0.29) is 6.29 Å². The molecule has 0 saturated carbocycles. The van der Waals surface area contributed by atoms with Gasteiger partial charge in [-0.15, -0.1) is 0 Å². The molecule has 0 bridgehead atoms. The van der Waals surface area contributed by atoms with Gasteiger partial charge in [-0.05, 0) is 60.5 Å². The fourth-order valence-electron chi connectivity index (χ4n) is 2.08. The highest BCUT2D eigenvalue weighted by molar-refractivity contribution is 9.10. The van der Waals surface area contributed by atoms with Crippen LogP contribution in [0.5, 0.6) is 0 Å². The number of pyridine rings is 1. The number of hydrogen-bond acceptors (Lipinski definition) is 3. The van der Waals surface area contributed by atoms with Gasteiger partial charge in [0.2, 0.25) is 0 Å². The Balaban J connectivity index is 1.61. The summed E-state index contributed by atoms with van der Waals surface area (Å²) in [4.78, 5) is 4.32. The Bertz CT molecular complexity index is 397. The summed E-state index contributed by atoms with van der Waals surface area (Å²) in [5.74, 6) is 0. The number of nitrogens with zero attached hydrogens (tertiary/aromatic N) is 1. The van der Waals surface area contributed by atoms with Crippen molar-refractivity contribution >= 4 is 27.5 Å². The summed E-state index contributed by atoms with van der Waals surface area (Å²) in [6.45, 7) is 1.60. The third kappa shape index (κ3) is 5.38. The standard InChI is InChI=1S/C14H19BrClNO2/c15-12-9-11(16)10-17-13(12)5-1-3-7-18-14-6-2-4-8-19-14/h9-10,14H,1-8H2. The van der Waals surface area contributed by atoms with E-state index in [9.17, 15) is 0 Å². The molecule has 1 unspecified atom stereocenters. The van der Waals surface area contributed by atoms with Crippen molar-refractivity contribution in [3.8, 4) is 0 Å². The van der Waals surface area contributed by atoms with Crippen LogP contribution in [0.3, 0.4) is 0 Å². The molecule has 2 heterocycles. The van der Waals surface area contributed by atoms with E-state index in [1.165, 1.54) is 6.42 Å². The molecular weight excluding hydrogens is 330 g/mol. The zero-order valence-corrected chi connectivity index (χ0v) is 13.3.